The van der Waals surface area contributed by atoms with Crippen molar-refractivity contribution in [3.8, 4) is 11.4 Å². The maximum atomic E-state index is 13.0. The molecule has 1 N–H and O–H groups in total. The number of carbonyl (C=O) groups is 2. The molecule has 0 unspecified atom stereocenters. The van der Waals surface area contributed by atoms with Gasteiger partial charge in [-0.1, -0.05) is 5.16 Å². The van der Waals surface area contributed by atoms with Crippen molar-refractivity contribution in [2.24, 2.45) is 0 Å². The van der Waals surface area contributed by atoms with Crippen LogP contribution in [0, 0.1) is 5.82 Å². The number of rotatable bonds is 6. The van der Waals surface area contributed by atoms with Crippen LogP contribution in [0.15, 0.2) is 75.9 Å². The van der Waals surface area contributed by atoms with E-state index in [4.69, 9.17) is 13.7 Å². The summed E-state index contributed by atoms with van der Waals surface area (Å²) in [5.41, 5.74) is 1.35. The number of aromatic nitrogens is 2. The van der Waals surface area contributed by atoms with Crippen molar-refractivity contribution < 1.29 is 27.7 Å². The lowest BCUT2D eigenvalue weighted by atomic mass is 10.2. The Morgan fingerprint density at radius 1 is 1.03 bits per heavy atom. The minimum Gasteiger partial charge on any atom is -0.459 e. The third-order valence-electron chi connectivity index (χ3n) is 4.02. The van der Waals surface area contributed by atoms with E-state index in [2.05, 4.69) is 15.5 Å². The van der Waals surface area contributed by atoms with Crippen LogP contribution in [0.25, 0.3) is 11.4 Å². The van der Waals surface area contributed by atoms with Gasteiger partial charge in [-0.3, -0.25) is 4.79 Å². The van der Waals surface area contributed by atoms with Crippen molar-refractivity contribution in [1.29, 1.82) is 0 Å². The summed E-state index contributed by atoms with van der Waals surface area (Å²) in [4.78, 5) is 28.2. The summed E-state index contributed by atoms with van der Waals surface area (Å²) in [6.45, 7) is -0.218. The molecule has 0 aliphatic rings. The molecule has 0 bridgehead atoms. The van der Waals surface area contributed by atoms with Crippen molar-refractivity contribution in [2.45, 2.75) is 6.61 Å². The molecule has 9 heteroatoms. The van der Waals surface area contributed by atoms with Crippen LogP contribution in [0.5, 0.6) is 0 Å². The number of nitrogens with one attached hydrogen (secondary N) is 1. The lowest BCUT2D eigenvalue weighted by Gasteiger charge is -2.05. The number of ether oxygens (including phenoxy) is 1. The maximum Gasteiger partial charge on any atom is 0.338 e. The molecule has 2 heterocycles. The van der Waals surface area contributed by atoms with E-state index in [0.717, 1.165) is 0 Å². The molecule has 4 aromatic rings. The number of carbonyl (C=O) groups excluding carboxylic acids is 2. The van der Waals surface area contributed by atoms with Gasteiger partial charge in [0.25, 0.3) is 11.8 Å². The minimum atomic E-state index is -0.597. The number of hydrogen-bond donors (Lipinski definition) is 1. The van der Waals surface area contributed by atoms with E-state index in [1.807, 2.05) is 0 Å². The summed E-state index contributed by atoms with van der Waals surface area (Å²) in [6, 6.07) is 14.9. The molecular formula is C21H14FN3O5. The SMILES string of the molecule is O=C(OCc1nc(-c2ccc(F)cc2)no1)c1ccc(NC(=O)c2ccco2)cc1. The zero-order chi connectivity index (χ0) is 20.9. The maximum absolute atomic E-state index is 13.0. The third kappa shape index (κ3) is 4.41. The predicted molar refractivity (Wildman–Crippen MR) is 102 cm³/mol. The van der Waals surface area contributed by atoms with Crippen LogP contribution < -0.4 is 5.32 Å². The molecule has 0 aliphatic carbocycles. The first-order chi connectivity index (χ1) is 14.6. The number of hydrogen-bond acceptors (Lipinski definition) is 7. The van der Waals surface area contributed by atoms with Gasteiger partial charge in [0, 0.05) is 11.3 Å². The summed E-state index contributed by atoms with van der Waals surface area (Å²) in [7, 11) is 0. The fourth-order valence-electron chi connectivity index (χ4n) is 2.53. The standard InChI is InChI=1S/C21H14FN3O5/c22-15-7-3-13(4-8-15)19-24-18(30-25-19)12-29-21(27)14-5-9-16(10-6-14)23-20(26)17-2-1-11-28-17/h1-11H,12H2,(H,23,26). The Morgan fingerprint density at radius 2 is 1.80 bits per heavy atom. The third-order valence-corrected chi connectivity index (χ3v) is 4.02. The number of furan rings is 1. The van der Waals surface area contributed by atoms with Gasteiger partial charge in [-0.25, -0.2) is 9.18 Å². The molecule has 30 heavy (non-hydrogen) atoms. The monoisotopic (exact) mass is 407 g/mol. The van der Waals surface area contributed by atoms with Gasteiger partial charge in [0.05, 0.1) is 11.8 Å². The molecule has 8 nitrogen and oxygen atoms in total. The zero-order valence-electron chi connectivity index (χ0n) is 15.4. The van der Waals surface area contributed by atoms with Crippen LogP contribution >= 0.6 is 0 Å². The first kappa shape index (κ1) is 19.1. The molecule has 4 rings (SSSR count). The number of esters is 1. The largest absolute Gasteiger partial charge is 0.459 e. The molecule has 0 spiro atoms. The Hall–Kier alpha value is -4.27. The average molecular weight is 407 g/mol. The summed E-state index contributed by atoms with van der Waals surface area (Å²) < 4.78 is 28.2. The smallest absolute Gasteiger partial charge is 0.338 e. The van der Waals surface area contributed by atoms with Crippen molar-refractivity contribution in [3.63, 3.8) is 0 Å². The van der Waals surface area contributed by atoms with Crippen LogP contribution in [0.1, 0.15) is 26.8 Å². The van der Waals surface area contributed by atoms with Gasteiger partial charge in [-0.05, 0) is 60.7 Å². The quantitative estimate of drug-likeness (QED) is 0.480. The Labute approximate surface area is 169 Å². The van der Waals surface area contributed by atoms with Gasteiger partial charge in [0.1, 0.15) is 5.82 Å². The van der Waals surface area contributed by atoms with Crippen molar-refractivity contribution in [3.05, 3.63) is 90.0 Å². The van der Waals surface area contributed by atoms with Crippen LogP contribution in [-0.2, 0) is 11.3 Å². The molecule has 0 radical (unpaired) electrons. The van der Waals surface area contributed by atoms with Gasteiger partial charge >= 0.3 is 5.97 Å². The molecule has 2 aromatic carbocycles. The lowest BCUT2D eigenvalue weighted by Crippen LogP contribution is -2.11. The number of halogens is 1. The van der Waals surface area contributed by atoms with Crippen LogP contribution in [-0.4, -0.2) is 22.0 Å². The van der Waals surface area contributed by atoms with E-state index in [9.17, 15) is 14.0 Å². The summed E-state index contributed by atoms with van der Waals surface area (Å²) in [5.74, 6) is -0.826. The lowest BCUT2D eigenvalue weighted by molar-refractivity contribution is 0.0430. The highest BCUT2D eigenvalue weighted by molar-refractivity contribution is 6.02. The van der Waals surface area contributed by atoms with Crippen molar-refractivity contribution >= 4 is 17.6 Å². The second kappa shape index (κ2) is 8.39. The minimum absolute atomic E-state index is 0.102. The first-order valence-corrected chi connectivity index (χ1v) is 8.79. The average Bonchev–Trinajstić information content (AvgIpc) is 3.45. The number of benzene rings is 2. The van der Waals surface area contributed by atoms with Gasteiger partial charge in [0.15, 0.2) is 12.4 Å². The Kier molecular flexibility index (Phi) is 5.33. The normalized spacial score (nSPS) is 10.6. The molecule has 150 valence electrons. The molecule has 0 saturated carbocycles. The fourth-order valence-corrected chi connectivity index (χ4v) is 2.53. The summed E-state index contributed by atoms with van der Waals surface area (Å²) in [6.07, 6.45) is 1.40. The van der Waals surface area contributed by atoms with E-state index in [1.165, 1.54) is 42.7 Å². The van der Waals surface area contributed by atoms with E-state index in [-0.39, 0.29) is 35.5 Å². The second-order valence-corrected chi connectivity index (χ2v) is 6.10. The molecule has 2 aromatic heterocycles. The molecule has 1 amide bonds. The van der Waals surface area contributed by atoms with E-state index in [1.54, 1.807) is 24.3 Å². The second-order valence-electron chi connectivity index (χ2n) is 6.10. The summed E-state index contributed by atoms with van der Waals surface area (Å²) in [5, 5.41) is 6.43. The topological polar surface area (TPSA) is 107 Å². The van der Waals surface area contributed by atoms with E-state index in [0.29, 0.717) is 11.3 Å². The number of anilines is 1. The molecule has 0 saturated heterocycles. The van der Waals surface area contributed by atoms with E-state index < -0.39 is 11.9 Å². The summed E-state index contributed by atoms with van der Waals surface area (Å²) >= 11 is 0. The van der Waals surface area contributed by atoms with Gasteiger partial charge in [0.2, 0.25) is 5.82 Å². The highest BCUT2D eigenvalue weighted by Gasteiger charge is 2.14. The van der Waals surface area contributed by atoms with Crippen molar-refractivity contribution in [1.82, 2.24) is 10.1 Å². The zero-order valence-corrected chi connectivity index (χ0v) is 15.4. The molecule has 0 fully saturated rings. The Bertz CT molecular complexity index is 1150. The Morgan fingerprint density at radius 3 is 2.50 bits per heavy atom. The molecular weight excluding hydrogens is 393 g/mol. The highest BCUT2D eigenvalue weighted by atomic mass is 19.1. The van der Waals surface area contributed by atoms with Gasteiger partial charge in [-0.15, -0.1) is 0 Å². The predicted octanol–water partition coefficient (Wildman–Crippen LogP) is 4.08. The fraction of sp³-hybridized carbons (Fsp3) is 0.0476. The number of nitrogens with zero attached hydrogens (tertiary/aromatic N) is 2. The van der Waals surface area contributed by atoms with Crippen molar-refractivity contribution in [2.75, 3.05) is 5.32 Å². The number of amides is 1. The van der Waals surface area contributed by atoms with Crippen LogP contribution in [0.4, 0.5) is 10.1 Å². The van der Waals surface area contributed by atoms with Crippen LogP contribution in [0.2, 0.25) is 0 Å². The van der Waals surface area contributed by atoms with Gasteiger partial charge in [-0.2, -0.15) is 4.98 Å². The van der Waals surface area contributed by atoms with Gasteiger partial charge < -0.3 is 19.0 Å². The first-order valence-electron chi connectivity index (χ1n) is 8.79. The molecule has 0 aliphatic heterocycles. The van der Waals surface area contributed by atoms with E-state index >= 15 is 0 Å². The van der Waals surface area contributed by atoms with Crippen LogP contribution in [0.3, 0.4) is 0 Å². The molecule has 0 atom stereocenters. The Balaban J connectivity index is 1.33. The highest BCUT2D eigenvalue weighted by Crippen LogP contribution is 2.17.